The summed E-state index contributed by atoms with van der Waals surface area (Å²) in [6.07, 6.45) is 0.0410. The Bertz CT molecular complexity index is 1420. The summed E-state index contributed by atoms with van der Waals surface area (Å²) in [4.78, 5) is 60.5. The van der Waals surface area contributed by atoms with E-state index >= 15 is 0 Å². The summed E-state index contributed by atoms with van der Waals surface area (Å²) in [6.45, 7) is 1.12. The molecule has 9 heteroatoms. The van der Waals surface area contributed by atoms with Crippen LogP contribution in [0.4, 0.5) is 5.69 Å². The van der Waals surface area contributed by atoms with Crippen LogP contribution in [-0.4, -0.2) is 63.8 Å². The Kier molecular flexibility index (Phi) is 5.68. The van der Waals surface area contributed by atoms with E-state index in [4.69, 9.17) is 4.42 Å². The van der Waals surface area contributed by atoms with Crippen LogP contribution in [0.3, 0.4) is 0 Å². The minimum Gasteiger partial charge on any atom is -0.464 e. The third-order valence-corrected chi connectivity index (χ3v) is 7.92. The van der Waals surface area contributed by atoms with Gasteiger partial charge < -0.3 is 19.3 Å². The number of amides is 4. The van der Waals surface area contributed by atoms with Gasteiger partial charge in [-0.1, -0.05) is 48.5 Å². The summed E-state index contributed by atoms with van der Waals surface area (Å²) in [5.74, 6) is -3.04. The van der Waals surface area contributed by atoms with E-state index in [0.717, 1.165) is 10.5 Å². The molecule has 3 aliphatic heterocycles. The maximum absolute atomic E-state index is 14.4. The molecule has 3 aliphatic rings. The molecule has 1 aromatic heterocycles. The largest absolute Gasteiger partial charge is 0.464 e. The summed E-state index contributed by atoms with van der Waals surface area (Å²) in [5.41, 5.74) is -0.509. The number of nitrogens with zero attached hydrogens (tertiary/aromatic N) is 3. The molecule has 3 saturated heterocycles. The Hall–Kier alpha value is -4.24. The van der Waals surface area contributed by atoms with Gasteiger partial charge in [0.15, 0.2) is 0 Å². The molecule has 38 heavy (non-hydrogen) atoms. The first-order chi connectivity index (χ1) is 18.4. The molecule has 0 bridgehead atoms. The zero-order chi connectivity index (χ0) is 26.6. The SMILES string of the molecule is Cc1ccc([C@@H]2[C@@H]3C(=O)N(c4ccccc4)C(=O)[C@@H]3[C@]3(Cc4ccccc4)C(=O)N(CCO)CC(=O)N23)o1. The van der Waals surface area contributed by atoms with Crippen LogP contribution in [-0.2, 0) is 25.6 Å². The van der Waals surface area contributed by atoms with E-state index in [0.29, 0.717) is 17.2 Å². The lowest BCUT2D eigenvalue weighted by Gasteiger charge is -2.48. The maximum Gasteiger partial charge on any atom is 0.250 e. The van der Waals surface area contributed by atoms with Gasteiger partial charge in [-0.3, -0.25) is 19.2 Å². The normalized spacial score (nSPS) is 26.8. The van der Waals surface area contributed by atoms with Crippen LogP contribution in [0.5, 0.6) is 0 Å². The number of para-hydroxylation sites is 1. The van der Waals surface area contributed by atoms with Gasteiger partial charge in [-0.15, -0.1) is 0 Å². The van der Waals surface area contributed by atoms with Crippen molar-refractivity contribution in [3.8, 4) is 0 Å². The van der Waals surface area contributed by atoms with E-state index < -0.39 is 47.0 Å². The Balaban J connectivity index is 1.60. The van der Waals surface area contributed by atoms with Crippen molar-refractivity contribution in [2.45, 2.75) is 24.9 Å². The predicted molar refractivity (Wildman–Crippen MR) is 135 cm³/mol. The molecule has 4 heterocycles. The molecule has 4 amide bonds. The molecule has 0 saturated carbocycles. The van der Waals surface area contributed by atoms with Crippen LogP contribution in [0, 0.1) is 18.8 Å². The Morgan fingerprint density at radius 2 is 1.61 bits per heavy atom. The Morgan fingerprint density at radius 3 is 2.24 bits per heavy atom. The van der Waals surface area contributed by atoms with Crippen molar-refractivity contribution in [2.24, 2.45) is 11.8 Å². The lowest BCUT2D eigenvalue weighted by atomic mass is 9.74. The van der Waals surface area contributed by atoms with Crippen molar-refractivity contribution < 1.29 is 28.7 Å². The topological polar surface area (TPSA) is 111 Å². The molecular weight excluding hydrogens is 486 g/mol. The highest BCUT2D eigenvalue weighted by Gasteiger charge is 2.75. The van der Waals surface area contributed by atoms with E-state index in [2.05, 4.69) is 0 Å². The van der Waals surface area contributed by atoms with Crippen LogP contribution in [0.2, 0.25) is 0 Å². The number of β-amino-alcohol motifs (C(OH)–C–C–N with tert-alkyl or cyclic N) is 1. The molecule has 2 aromatic carbocycles. The van der Waals surface area contributed by atoms with Gasteiger partial charge in [0.1, 0.15) is 23.1 Å². The molecular formula is C29H27N3O6. The van der Waals surface area contributed by atoms with Crippen molar-refractivity contribution in [3.63, 3.8) is 0 Å². The summed E-state index contributed by atoms with van der Waals surface area (Å²) in [6, 6.07) is 20.3. The number of hydrogen-bond acceptors (Lipinski definition) is 6. The number of anilines is 1. The van der Waals surface area contributed by atoms with E-state index in [-0.39, 0.29) is 26.1 Å². The fourth-order valence-corrected chi connectivity index (χ4v) is 6.50. The standard InChI is InChI=1S/C29H27N3O6/c1-18-12-13-21(38-18)25-23-24(27(36)31(26(23)35)20-10-6-3-7-11-20)29(16-19-8-4-2-5-9-19)28(37)30(14-15-33)17-22(34)32(25)29/h2-13,23-25,33H,14-17H2,1H3/t23-,24-,25-,29-/m1/s1. The lowest BCUT2D eigenvalue weighted by molar-refractivity contribution is -0.168. The first-order valence-corrected chi connectivity index (χ1v) is 12.6. The lowest BCUT2D eigenvalue weighted by Crippen LogP contribution is -2.70. The molecule has 9 nitrogen and oxygen atoms in total. The summed E-state index contributed by atoms with van der Waals surface area (Å²) < 4.78 is 5.96. The van der Waals surface area contributed by atoms with Crippen LogP contribution in [0.25, 0.3) is 0 Å². The predicted octanol–water partition coefficient (Wildman–Crippen LogP) is 2.09. The average molecular weight is 514 g/mol. The first kappa shape index (κ1) is 24.1. The van der Waals surface area contributed by atoms with Crippen molar-refractivity contribution in [1.82, 2.24) is 9.80 Å². The monoisotopic (exact) mass is 513 g/mol. The molecule has 0 unspecified atom stereocenters. The highest BCUT2D eigenvalue weighted by atomic mass is 16.3. The summed E-state index contributed by atoms with van der Waals surface area (Å²) in [7, 11) is 0. The van der Waals surface area contributed by atoms with E-state index in [1.54, 1.807) is 49.4 Å². The van der Waals surface area contributed by atoms with Gasteiger partial charge in [0.25, 0.3) is 0 Å². The third-order valence-electron chi connectivity index (χ3n) is 7.92. The van der Waals surface area contributed by atoms with Crippen molar-refractivity contribution in [2.75, 3.05) is 24.6 Å². The molecule has 6 rings (SSSR count). The maximum atomic E-state index is 14.4. The van der Waals surface area contributed by atoms with E-state index in [9.17, 15) is 24.3 Å². The molecule has 3 aromatic rings. The van der Waals surface area contributed by atoms with Gasteiger partial charge in [0.05, 0.1) is 30.7 Å². The van der Waals surface area contributed by atoms with E-state index in [1.807, 2.05) is 30.3 Å². The van der Waals surface area contributed by atoms with Crippen molar-refractivity contribution in [3.05, 3.63) is 89.9 Å². The average Bonchev–Trinajstić information content (AvgIpc) is 3.55. The van der Waals surface area contributed by atoms with Crippen molar-refractivity contribution in [1.29, 1.82) is 0 Å². The number of rotatable bonds is 6. The number of hydrogen-bond donors (Lipinski definition) is 1. The minimum atomic E-state index is -1.67. The number of fused-ring (bicyclic) bond motifs is 3. The van der Waals surface area contributed by atoms with Gasteiger partial charge in [0.2, 0.25) is 23.6 Å². The number of aliphatic hydroxyl groups excluding tert-OH is 1. The number of furan rings is 1. The molecule has 0 aliphatic carbocycles. The fraction of sp³-hybridized carbons (Fsp3) is 0.310. The second-order valence-electron chi connectivity index (χ2n) is 10.0. The zero-order valence-corrected chi connectivity index (χ0v) is 20.8. The van der Waals surface area contributed by atoms with Gasteiger partial charge >= 0.3 is 0 Å². The van der Waals surface area contributed by atoms with Gasteiger partial charge in [0, 0.05) is 13.0 Å². The zero-order valence-electron chi connectivity index (χ0n) is 20.8. The van der Waals surface area contributed by atoms with Gasteiger partial charge in [-0.2, -0.15) is 0 Å². The van der Waals surface area contributed by atoms with Crippen molar-refractivity contribution >= 4 is 29.3 Å². The molecule has 0 spiro atoms. The molecule has 0 radical (unpaired) electrons. The Morgan fingerprint density at radius 1 is 0.921 bits per heavy atom. The second-order valence-corrected chi connectivity index (χ2v) is 10.0. The van der Waals surface area contributed by atoms with Gasteiger partial charge in [-0.05, 0) is 36.8 Å². The Labute approximate surface area is 219 Å². The third kappa shape index (κ3) is 3.35. The van der Waals surface area contributed by atoms with E-state index in [1.165, 1.54) is 9.80 Å². The van der Waals surface area contributed by atoms with Crippen LogP contribution >= 0.6 is 0 Å². The molecule has 3 fully saturated rings. The quantitative estimate of drug-likeness (QED) is 0.506. The summed E-state index contributed by atoms with van der Waals surface area (Å²) in [5, 5.41) is 9.68. The number of piperazine rings is 1. The summed E-state index contributed by atoms with van der Waals surface area (Å²) >= 11 is 0. The number of aryl methyl sites for hydroxylation is 1. The van der Waals surface area contributed by atoms with Gasteiger partial charge in [-0.25, -0.2) is 4.90 Å². The van der Waals surface area contributed by atoms with Crippen LogP contribution < -0.4 is 4.90 Å². The molecule has 1 N–H and O–H groups in total. The minimum absolute atomic E-state index is 0.0410. The van der Waals surface area contributed by atoms with Crippen LogP contribution in [0.15, 0.2) is 77.2 Å². The number of aliphatic hydroxyl groups is 1. The molecule has 194 valence electrons. The number of benzene rings is 2. The highest BCUT2D eigenvalue weighted by molar-refractivity contribution is 6.25. The highest BCUT2D eigenvalue weighted by Crippen LogP contribution is 2.58. The number of carbonyl (C=O) groups excluding carboxylic acids is 4. The fourth-order valence-electron chi connectivity index (χ4n) is 6.50. The second kappa shape index (κ2) is 8.95. The number of imide groups is 1. The first-order valence-electron chi connectivity index (χ1n) is 12.6. The molecule has 4 atom stereocenters. The number of carbonyl (C=O) groups is 4. The smallest absolute Gasteiger partial charge is 0.250 e. The van der Waals surface area contributed by atoms with Crippen LogP contribution in [0.1, 0.15) is 23.1 Å².